The van der Waals surface area contributed by atoms with Crippen LogP contribution in [0.3, 0.4) is 0 Å². The van der Waals surface area contributed by atoms with Gasteiger partial charge in [-0.15, -0.1) is 0 Å². The third-order valence-corrected chi connectivity index (χ3v) is 4.56. The maximum atomic E-state index is 5.36. The first-order valence-corrected chi connectivity index (χ1v) is 8.63. The van der Waals surface area contributed by atoms with Crippen LogP contribution in [0.15, 0.2) is 91.5 Å². The van der Waals surface area contributed by atoms with Gasteiger partial charge in [0.25, 0.3) is 0 Å². The van der Waals surface area contributed by atoms with Crippen LogP contribution >= 0.6 is 0 Å². The molecule has 1 aromatic heterocycles. The van der Waals surface area contributed by atoms with Crippen molar-refractivity contribution >= 4 is 44.3 Å². The minimum Gasteiger partial charge on any atom is -0.399 e. The molecule has 0 saturated carbocycles. The van der Waals surface area contributed by atoms with E-state index >= 15 is 0 Å². The topological polar surface area (TPSA) is 41.8 Å². The Morgan fingerprint density at radius 1 is 0.692 bits per heavy atom. The fraction of sp³-hybridized carbons (Fsp3) is 0. The zero-order valence-electron chi connectivity index (χ0n) is 14.4. The normalized spacial score (nSPS) is 10.6. The molecule has 4 aromatic carbocycles. The Bertz CT molecular complexity index is 1200. The van der Waals surface area contributed by atoms with E-state index in [-0.39, 0.29) is 0 Å². The smallest absolute Gasteiger partial charge is 0.0471 e. The number of para-hydroxylation sites is 1. The second-order valence-electron chi connectivity index (χ2n) is 6.22. The number of rotatable bonds is 1. The number of hydrogen-bond donors (Lipinski definition) is 2. The van der Waals surface area contributed by atoms with Gasteiger partial charge in [-0.1, -0.05) is 73.3 Å². The Morgan fingerprint density at radius 3 is 2.15 bits per heavy atom. The molecule has 2 nitrogen and oxygen atoms in total. The molecule has 1 heterocycles. The lowest BCUT2D eigenvalue weighted by atomic mass is 10.0. The van der Waals surface area contributed by atoms with E-state index in [4.69, 9.17) is 5.73 Å². The largest absolute Gasteiger partial charge is 0.399 e. The first kappa shape index (κ1) is 16.0. The number of hydrogen-bond acceptors (Lipinski definition) is 1. The summed E-state index contributed by atoms with van der Waals surface area (Å²) in [6.45, 7) is 3.93. The number of aromatic amines is 1. The van der Waals surface area contributed by atoms with Crippen LogP contribution in [-0.2, 0) is 0 Å². The highest BCUT2D eigenvalue weighted by Gasteiger charge is 2.09. The molecule has 3 N–H and O–H groups in total. The van der Waals surface area contributed by atoms with Gasteiger partial charge < -0.3 is 10.7 Å². The number of fused-ring (bicyclic) bond motifs is 5. The Balaban J connectivity index is 0.000000204. The summed E-state index contributed by atoms with van der Waals surface area (Å²) < 4.78 is 0. The average Bonchev–Trinajstić information content (AvgIpc) is 3.08. The maximum absolute atomic E-state index is 5.36. The predicted octanol–water partition coefficient (Wildman–Crippen LogP) is 6.39. The molecule has 5 aromatic rings. The first-order valence-electron chi connectivity index (χ1n) is 8.63. The van der Waals surface area contributed by atoms with Crippen LogP contribution in [0.2, 0.25) is 0 Å². The third-order valence-electron chi connectivity index (χ3n) is 4.56. The van der Waals surface area contributed by atoms with E-state index < -0.39 is 0 Å². The lowest BCUT2D eigenvalue weighted by Crippen LogP contribution is -1.79. The summed E-state index contributed by atoms with van der Waals surface area (Å²) in [5.74, 6) is 0. The summed E-state index contributed by atoms with van der Waals surface area (Å²) in [4.78, 5) is 3.50. The van der Waals surface area contributed by atoms with Crippen LogP contribution in [0, 0.1) is 0 Å². The number of anilines is 1. The van der Waals surface area contributed by atoms with Gasteiger partial charge in [-0.25, -0.2) is 0 Å². The standard InChI is InChI=1S/C18H13N.C6H7N/c1-2-12-7-5-9-15-17(12)18-14-8-4-3-6-13(14)10-11-16(18)19-15;7-6-4-2-1-3-5-6/h2-11,19H,1H2;1-5H,7H2. The molecule has 0 bridgehead atoms. The molecule has 5 rings (SSSR count). The summed E-state index contributed by atoms with van der Waals surface area (Å²) in [6.07, 6.45) is 1.93. The lowest BCUT2D eigenvalue weighted by molar-refractivity contribution is 1.55. The number of benzene rings is 4. The molecule has 0 fully saturated rings. The molecule has 0 aliphatic heterocycles. The van der Waals surface area contributed by atoms with Crippen LogP contribution in [0.5, 0.6) is 0 Å². The predicted molar refractivity (Wildman–Crippen MR) is 114 cm³/mol. The molecular weight excluding hydrogens is 316 g/mol. The van der Waals surface area contributed by atoms with E-state index in [1.165, 1.54) is 38.1 Å². The highest BCUT2D eigenvalue weighted by atomic mass is 14.7. The van der Waals surface area contributed by atoms with E-state index in [2.05, 4.69) is 66.2 Å². The lowest BCUT2D eigenvalue weighted by Gasteiger charge is -2.01. The van der Waals surface area contributed by atoms with Crippen LogP contribution in [0.25, 0.3) is 38.7 Å². The Morgan fingerprint density at radius 2 is 1.42 bits per heavy atom. The maximum Gasteiger partial charge on any atom is 0.0471 e. The van der Waals surface area contributed by atoms with E-state index in [0.29, 0.717) is 0 Å². The van der Waals surface area contributed by atoms with Gasteiger partial charge in [-0.05, 0) is 40.6 Å². The van der Waals surface area contributed by atoms with Crippen molar-refractivity contribution in [3.8, 4) is 0 Å². The average molecular weight is 336 g/mol. The van der Waals surface area contributed by atoms with Crippen molar-refractivity contribution in [1.82, 2.24) is 4.98 Å². The summed E-state index contributed by atoms with van der Waals surface area (Å²) in [5, 5.41) is 5.13. The summed E-state index contributed by atoms with van der Waals surface area (Å²) >= 11 is 0. The molecule has 0 atom stereocenters. The van der Waals surface area contributed by atoms with Crippen LogP contribution < -0.4 is 5.73 Å². The number of aromatic nitrogens is 1. The van der Waals surface area contributed by atoms with Crippen molar-refractivity contribution in [2.45, 2.75) is 0 Å². The molecule has 26 heavy (non-hydrogen) atoms. The van der Waals surface area contributed by atoms with Gasteiger partial charge in [0.1, 0.15) is 0 Å². The van der Waals surface area contributed by atoms with E-state index in [9.17, 15) is 0 Å². The molecule has 0 amide bonds. The highest BCUT2D eigenvalue weighted by Crippen LogP contribution is 2.34. The molecule has 2 heteroatoms. The van der Waals surface area contributed by atoms with Crippen LogP contribution in [0.4, 0.5) is 5.69 Å². The second kappa shape index (κ2) is 6.77. The van der Waals surface area contributed by atoms with E-state index in [0.717, 1.165) is 5.69 Å². The fourth-order valence-corrected chi connectivity index (χ4v) is 3.37. The molecular formula is C24H20N2. The van der Waals surface area contributed by atoms with Gasteiger partial charge in [0.2, 0.25) is 0 Å². The van der Waals surface area contributed by atoms with Crippen molar-refractivity contribution in [3.05, 3.63) is 97.1 Å². The zero-order chi connectivity index (χ0) is 17.9. The number of nitrogens with one attached hydrogen (secondary N) is 1. The minimum absolute atomic E-state index is 0.822. The zero-order valence-corrected chi connectivity index (χ0v) is 14.4. The van der Waals surface area contributed by atoms with Crippen molar-refractivity contribution in [2.24, 2.45) is 0 Å². The first-order chi connectivity index (χ1) is 12.8. The van der Waals surface area contributed by atoms with E-state index in [1.807, 2.05) is 36.4 Å². The molecule has 0 unspecified atom stereocenters. The Hall–Kier alpha value is -3.52. The van der Waals surface area contributed by atoms with Gasteiger partial charge in [0, 0.05) is 27.5 Å². The molecule has 0 radical (unpaired) electrons. The van der Waals surface area contributed by atoms with Crippen molar-refractivity contribution in [1.29, 1.82) is 0 Å². The quantitative estimate of drug-likeness (QED) is 0.342. The molecule has 0 aliphatic rings. The number of nitrogens with two attached hydrogens (primary N) is 1. The van der Waals surface area contributed by atoms with Gasteiger partial charge in [-0.3, -0.25) is 0 Å². The minimum atomic E-state index is 0.822. The monoisotopic (exact) mass is 336 g/mol. The Kier molecular flexibility index (Phi) is 4.16. The van der Waals surface area contributed by atoms with Crippen LogP contribution in [-0.4, -0.2) is 4.98 Å². The fourth-order valence-electron chi connectivity index (χ4n) is 3.37. The molecule has 0 aliphatic carbocycles. The van der Waals surface area contributed by atoms with Crippen molar-refractivity contribution in [2.75, 3.05) is 5.73 Å². The van der Waals surface area contributed by atoms with Gasteiger partial charge in [0.15, 0.2) is 0 Å². The van der Waals surface area contributed by atoms with Crippen LogP contribution in [0.1, 0.15) is 5.56 Å². The van der Waals surface area contributed by atoms with Gasteiger partial charge in [-0.2, -0.15) is 0 Å². The van der Waals surface area contributed by atoms with Crippen molar-refractivity contribution in [3.63, 3.8) is 0 Å². The van der Waals surface area contributed by atoms with Gasteiger partial charge in [0.05, 0.1) is 0 Å². The van der Waals surface area contributed by atoms with Crippen molar-refractivity contribution < 1.29 is 0 Å². The Labute approximate surface area is 152 Å². The molecule has 0 saturated heterocycles. The second-order valence-corrected chi connectivity index (χ2v) is 6.22. The number of nitrogen functional groups attached to an aromatic ring is 1. The summed E-state index contributed by atoms with van der Waals surface area (Å²) in [5.41, 5.74) is 9.71. The molecule has 0 spiro atoms. The summed E-state index contributed by atoms with van der Waals surface area (Å²) in [6, 6.07) is 28.6. The molecule has 126 valence electrons. The number of H-pyrrole nitrogens is 1. The summed E-state index contributed by atoms with van der Waals surface area (Å²) in [7, 11) is 0. The SMILES string of the molecule is C=Cc1cccc2[nH]c3ccc4ccccc4c3c12.Nc1ccccc1. The van der Waals surface area contributed by atoms with Gasteiger partial charge >= 0.3 is 0 Å². The highest BCUT2D eigenvalue weighted by molar-refractivity contribution is 6.22. The van der Waals surface area contributed by atoms with E-state index in [1.54, 1.807) is 0 Å². The third kappa shape index (κ3) is 2.82.